The van der Waals surface area contributed by atoms with Crippen LogP contribution in [0.15, 0.2) is 21.7 Å². The van der Waals surface area contributed by atoms with Crippen molar-refractivity contribution in [1.29, 1.82) is 0 Å². The van der Waals surface area contributed by atoms with Gasteiger partial charge in [0, 0.05) is 12.6 Å². The summed E-state index contributed by atoms with van der Waals surface area (Å²) in [5.74, 6) is -1.11. The fourth-order valence-electron chi connectivity index (χ4n) is 2.38. The number of hydrogen-bond acceptors (Lipinski definition) is 4. The van der Waals surface area contributed by atoms with E-state index in [1.807, 2.05) is 4.72 Å². The number of halogens is 4. The Balaban J connectivity index is 2.88. The zero-order chi connectivity index (χ0) is 20.0. The second-order valence-corrected chi connectivity index (χ2v) is 7.61. The molecule has 1 aromatic heterocycles. The highest BCUT2D eigenvalue weighted by Gasteiger charge is 2.23. The van der Waals surface area contributed by atoms with E-state index in [0.29, 0.717) is 15.2 Å². The van der Waals surface area contributed by atoms with Crippen LogP contribution in [-0.2, 0) is 17.1 Å². The van der Waals surface area contributed by atoms with Gasteiger partial charge in [-0.15, -0.1) is 0 Å². The number of sulfonamides is 1. The van der Waals surface area contributed by atoms with Crippen molar-refractivity contribution in [2.24, 2.45) is 7.05 Å². The fraction of sp³-hybridized carbons (Fsp3) is 0.286. The molecule has 0 bridgehead atoms. The maximum Gasteiger partial charge on any atom is 0.335 e. The normalized spacial score (nSPS) is 11.8. The Bertz CT molecular complexity index is 1070. The Kier molecular flexibility index (Phi) is 5.24. The molecule has 7 nitrogen and oxygen atoms in total. The monoisotopic (exact) mass is 411 g/mol. The molecule has 0 fully saturated rings. The molecule has 0 spiro atoms. The maximum atomic E-state index is 14.3. The number of alkyl halides is 2. The molecule has 12 heteroatoms. The second-order valence-electron chi connectivity index (χ2n) is 5.45. The van der Waals surface area contributed by atoms with Crippen molar-refractivity contribution < 1.29 is 21.6 Å². The zero-order valence-electron chi connectivity index (χ0n) is 13.7. The minimum absolute atomic E-state index is 0.282. The molecule has 0 unspecified atom stereocenters. The standard InChI is InChI=1S/C14H13ClF3N3O4S/c1-6-11(12(17)18)20(2)14(23)21(13(6)22)10-5-9(19-26(3,24)25)7(15)4-8(10)16/h4-5,12,19H,1-3H3. The number of benzene rings is 1. The number of hydrogen-bond donors (Lipinski definition) is 1. The lowest BCUT2D eigenvalue weighted by atomic mass is 10.2. The van der Waals surface area contributed by atoms with Gasteiger partial charge in [0.1, 0.15) is 5.82 Å². The van der Waals surface area contributed by atoms with Crippen molar-refractivity contribution >= 4 is 27.3 Å². The lowest BCUT2D eigenvalue weighted by Crippen LogP contribution is -2.41. The van der Waals surface area contributed by atoms with Crippen LogP contribution in [-0.4, -0.2) is 23.8 Å². The van der Waals surface area contributed by atoms with Gasteiger partial charge in [-0.2, -0.15) is 0 Å². The third kappa shape index (κ3) is 3.63. The second kappa shape index (κ2) is 6.80. The molecular weight excluding hydrogens is 399 g/mol. The summed E-state index contributed by atoms with van der Waals surface area (Å²) in [5, 5.41) is -0.317. The molecule has 2 rings (SSSR count). The Morgan fingerprint density at radius 3 is 2.31 bits per heavy atom. The molecular formula is C14H13ClF3N3O4S. The summed E-state index contributed by atoms with van der Waals surface area (Å²) < 4.78 is 66.1. The van der Waals surface area contributed by atoms with Crippen LogP contribution in [0.25, 0.3) is 5.69 Å². The van der Waals surface area contributed by atoms with Gasteiger partial charge in [0.2, 0.25) is 10.0 Å². The van der Waals surface area contributed by atoms with Gasteiger partial charge in [-0.25, -0.2) is 31.0 Å². The van der Waals surface area contributed by atoms with Crippen LogP contribution in [0.4, 0.5) is 18.9 Å². The highest BCUT2D eigenvalue weighted by atomic mass is 35.5. The molecule has 0 atom stereocenters. The van der Waals surface area contributed by atoms with Gasteiger partial charge in [0.05, 0.1) is 28.3 Å². The van der Waals surface area contributed by atoms with Crippen molar-refractivity contribution in [3.05, 3.63) is 55.1 Å². The maximum absolute atomic E-state index is 14.3. The smallest absolute Gasteiger partial charge is 0.294 e. The van der Waals surface area contributed by atoms with E-state index in [1.54, 1.807) is 0 Å². The van der Waals surface area contributed by atoms with Crippen LogP contribution in [0.3, 0.4) is 0 Å². The largest absolute Gasteiger partial charge is 0.335 e. The van der Waals surface area contributed by atoms with Crippen molar-refractivity contribution in [2.75, 3.05) is 11.0 Å². The molecule has 1 heterocycles. The van der Waals surface area contributed by atoms with Crippen LogP contribution < -0.4 is 16.0 Å². The summed E-state index contributed by atoms with van der Waals surface area (Å²) in [6, 6.07) is 1.54. The average molecular weight is 412 g/mol. The molecule has 0 radical (unpaired) electrons. The minimum atomic E-state index is -3.79. The summed E-state index contributed by atoms with van der Waals surface area (Å²) in [6.45, 7) is 1.07. The number of nitrogens with zero attached hydrogens (tertiary/aromatic N) is 2. The van der Waals surface area contributed by atoms with Crippen LogP contribution in [0, 0.1) is 12.7 Å². The van der Waals surface area contributed by atoms with E-state index in [9.17, 15) is 31.2 Å². The number of anilines is 1. The molecule has 0 amide bonds. The molecule has 2 aromatic rings. The Labute approximate surface area is 150 Å². The van der Waals surface area contributed by atoms with Gasteiger partial charge < -0.3 is 0 Å². The van der Waals surface area contributed by atoms with Crippen molar-refractivity contribution in [3.63, 3.8) is 0 Å². The molecule has 1 aromatic carbocycles. The zero-order valence-corrected chi connectivity index (χ0v) is 15.3. The number of aromatic nitrogens is 2. The predicted octanol–water partition coefficient (Wildman–Crippen LogP) is 1.95. The third-order valence-corrected chi connectivity index (χ3v) is 4.43. The quantitative estimate of drug-likeness (QED) is 0.832. The first-order valence-electron chi connectivity index (χ1n) is 6.93. The van der Waals surface area contributed by atoms with E-state index in [0.717, 1.165) is 26.3 Å². The van der Waals surface area contributed by atoms with E-state index in [2.05, 4.69) is 0 Å². The highest BCUT2D eigenvalue weighted by molar-refractivity contribution is 7.92. The molecule has 0 aliphatic rings. The number of rotatable bonds is 4. The van der Waals surface area contributed by atoms with Gasteiger partial charge in [0.25, 0.3) is 12.0 Å². The first-order valence-corrected chi connectivity index (χ1v) is 9.20. The van der Waals surface area contributed by atoms with E-state index < -0.39 is 50.5 Å². The van der Waals surface area contributed by atoms with E-state index in [1.165, 1.54) is 0 Å². The van der Waals surface area contributed by atoms with Gasteiger partial charge in [-0.1, -0.05) is 11.6 Å². The Morgan fingerprint density at radius 2 is 1.81 bits per heavy atom. The Morgan fingerprint density at radius 1 is 1.23 bits per heavy atom. The van der Waals surface area contributed by atoms with Gasteiger partial charge in [0.15, 0.2) is 0 Å². The predicted molar refractivity (Wildman–Crippen MR) is 90.4 cm³/mol. The summed E-state index contributed by atoms with van der Waals surface area (Å²) >= 11 is 5.77. The first kappa shape index (κ1) is 20.0. The molecule has 1 N–H and O–H groups in total. The van der Waals surface area contributed by atoms with Crippen molar-refractivity contribution in [3.8, 4) is 5.69 Å². The summed E-state index contributed by atoms with van der Waals surface area (Å²) in [5.41, 5.74) is -4.53. The summed E-state index contributed by atoms with van der Waals surface area (Å²) in [6.07, 6.45) is -2.27. The van der Waals surface area contributed by atoms with Crippen LogP contribution in [0.2, 0.25) is 5.02 Å². The van der Waals surface area contributed by atoms with E-state index >= 15 is 0 Å². The SMILES string of the molecule is Cc1c(C(F)F)n(C)c(=O)n(-c2cc(NS(C)(=O)=O)c(Cl)cc2F)c1=O. The van der Waals surface area contributed by atoms with Gasteiger partial charge >= 0.3 is 5.69 Å². The molecule has 142 valence electrons. The summed E-state index contributed by atoms with van der Waals surface area (Å²) in [4.78, 5) is 24.7. The lowest BCUT2D eigenvalue weighted by Gasteiger charge is -2.16. The lowest BCUT2D eigenvalue weighted by molar-refractivity contribution is 0.139. The van der Waals surface area contributed by atoms with E-state index in [-0.39, 0.29) is 10.7 Å². The van der Waals surface area contributed by atoms with E-state index in [4.69, 9.17) is 11.6 Å². The van der Waals surface area contributed by atoms with Crippen LogP contribution >= 0.6 is 11.6 Å². The van der Waals surface area contributed by atoms with Crippen molar-refractivity contribution in [2.45, 2.75) is 13.3 Å². The summed E-state index contributed by atoms with van der Waals surface area (Å²) in [7, 11) is -2.78. The molecule has 0 saturated carbocycles. The van der Waals surface area contributed by atoms with Gasteiger partial charge in [-0.3, -0.25) is 14.1 Å². The molecule has 26 heavy (non-hydrogen) atoms. The number of nitrogens with one attached hydrogen (secondary N) is 1. The molecule has 0 saturated heterocycles. The van der Waals surface area contributed by atoms with Crippen LogP contribution in [0.5, 0.6) is 0 Å². The molecule has 0 aliphatic heterocycles. The highest BCUT2D eigenvalue weighted by Crippen LogP contribution is 2.28. The fourth-order valence-corrected chi connectivity index (χ4v) is 3.20. The average Bonchev–Trinajstić information content (AvgIpc) is 2.48. The topological polar surface area (TPSA) is 90.2 Å². The molecule has 0 aliphatic carbocycles. The Hall–Kier alpha value is -2.27. The first-order chi connectivity index (χ1) is 11.8. The van der Waals surface area contributed by atoms with Gasteiger partial charge in [-0.05, 0) is 19.1 Å². The van der Waals surface area contributed by atoms with Crippen molar-refractivity contribution in [1.82, 2.24) is 9.13 Å². The minimum Gasteiger partial charge on any atom is -0.294 e. The third-order valence-electron chi connectivity index (χ3n) is 3.53. The van der Waals surface area contributed by atoms with Crippen LogP contribution in [0.1, 0.15) is 17.7 Å².